The number of aryl methyl sites for hydroxylation is 2. The molecule has 2 aromatic carbocycles. The Morgan fingerprint density at radius 1 is 0.485 bits per heavy atom. The molecule has 0 aromatic heterocycles. The Labute approximate surface area is 207 Å². The third-order valence-electron chi connectivity index (χ3n) is 6.37. The Balaban J connectivity index is 2.75. The van der Waals surface area contributed by atoms with E-state index in [-0.39, 0.29) is 0 Å². The van der Waals surface area contributed by atoms with Crippen LogP contribution < -0.4 is 0 Å². The van der Waals surface area contributed by atoms with E-state index in [2.05, 4.69) is 53.7 Å². The van der Waals surface area contributed by atoms with Crippen molar-refractivity contribution in [3.63, 3.8) is 0 Å². The van der Waals surface area contributed by atoms with Crippen molar-refractivity contribution in [1.82, 2.24) is 0 Å². The fourth-order valence-corrected chi connectivity index (χ4v) is 6.24. The molecule has 0 atom stereocenters. The zero-order valence-electron chi connectivity index (χ0n) is 21.9. The predicted octanol–water partition coefficient (Wildman–Crippen LogP) is 8.96. The van der Waals surface area contributed by atoms with Crippen LogP contribution in [-0.4, -0.2) is 10.2 Å². The smallest absolute Gasteiger partial charge is 0.122 e. The van der Waals surface area contributed by atoms with E-state index in [4.69, 9.17) is 0 Å². The Bertz CT molecular complexity index is 828. The molecule has 2 rings (SSSR count). The molecular formula is C30H46O2S. The number of aromatic hydroxyl groups is 2. The first-order valence-corrected chi connectivity index (χ1v) is 14.2. The van der Waals surface area contributed by atoms with Crippen molar-refractivity contribution in [3.05, 3.63) is 45.5 Å². The molecule has 0 fully saturated rings. The number of benzene rings is 2. The van der Waals surface area contributed by atoms with Crippen LogP contribution >= 0.6 is 11.8 Å². The van der Waals surface area contributed by atoms with Crippen molar-refractivity contribution in [1.29, 1.82) is 0 Å². The van der Waals surface area contributed by atoms with Crippen LogP contribution in [0.2, 0.25) is 0 Å². The summed E-state index contributed by atoms with van der Waals surface area (Å²) in [6, 6.07) is 4.52. The summed E-state index contributed by atoms with van der Waals surface area (Å²) in [4.78, 5) is 2.60. The van der Waals surface area contributed by atoms with Gasteiger partial charge in [-0.3, -0.25) is 0 Å². The van der Waals surface area contributed by atoms with Crippen molar-refractivity contribution in [2.45, 2.75) is 128 Å². The molecule has 0 aliphatic heterocycles. The summed E-state index contributed by atoms with van der Waals surface area (Å²) >= 11 is 1.88. The van der Waals surface area contributed by atoms with Gasteiger partial charge in [-0.2, -0.15) is 0 Å². The SMILES string of the molecule is CCCc1cc(Sc2cc(CCC)c(O)c(CCC)c2CCC)c(CCC)c(CCC)c1O. The van der Waals surface area contributed by atoms with Gasteiger partial charge in [0.15, 0.2) is 0 Å². The van der Waals surface area contributed by atoms with Crippen LogP contribution in [-0.2, 0) is 38.5 Å². The highest BCUT2D eigenvalue weighted by atomic mass is 32.2. The maximum absolute atomic E-state index is 11.1. The fraction of sp³-hybridized carbons (Fsp3) is 0.600. The summed E-state index contributed by atoms with van der Waals surface area (Å²) in [7, 11) is 0. The molecule has 0 heterocycles. The number of hydrogen-bond donors (Lipinski definition) is 2. The van der Waals surface area contributed by atoms with Gasteiger partial charge in [-0.25, -0.2) is 0 Å². The third-order valence-corrected chi connectivity index (χ3v) is 7.54. The maximum atomic E-state index is 11.1. The van der Waals surface area contributed by atoms with E-state index >= 15 is 0 Å². The molecule has 0 aliphatic rings. The standard InChI is InChI=1S/C30H46O2S/c1-7-13-21-19-27(23(15-9-3)25(17-11-5)29(21)31)33-28-20-22(14-8-2)30(32)26(18-12-6)24(28)16-10-4/h19-20,31-32H,7-18H2,1-6H3. The minimum Gasteiger partial charge on any atom is -0.507 e. The highest BCUT2D eigenvalue weighted by Gasteiger charge is 2.21. The summed E-state index contributed by atoms with van der Waals surface area (Å²) in [6.07, 6.45) is 11.9. The zero-order chi connectivity index (χ0) is 24.4. The molecule has 184 valence electrons. The van der Waals surface area contributed by atoms with Crippen LogP contribution in [0.15, 0.2) is 21.9 Å². The van der Waals surface area contributed by atoms with Gasteiger partial charge in [-0.15, -0.1) is 0 Å². The first-order valence-electron chi connectivity index (χ1n) is 13.4. The molecule has 0 radical (unpaired) electrons. The van der Waals surface area contributed by atoms with Gasteiger partial charge in [-0.1, -0.05) is 91.8 Å². The Kier molecular flexibility index (Phi) is 11.7. The Morgan fingerprint density at radius 2 is 0.788 bits per heavy atom. The number of rotatable bonds is 14. The van der Waals surface area contributed by atoms with Gasteiger partial charge < -0.3 is 10.2 Å². The van der Waals surface area contributed by atoms with E-state index in [1.165, 1.54) is 20.9 Å². The van der Waals surface area contributed by atoms with E-state index in [1.54, 1.807) is 0 Å². The lowest BCUT2D eigenvalue weighted by Gasteiger charge is -2.22. The van der Waals surface area contributed by atoms with Gasteiger partial charge in [0.25, 0.3) is 0 Å². The molecule has 3 heteroatoms. The summed E-state index contributed by atoms with van der Waals surface area (Å²) < 4.78 is 0. The quantitative estimate of drug-likeness (QED) is 0.289. The van der Waals surface area contributed by atoms with Crippen LogP contribution in [0, 0.1) is 0 Å². The van der Waals surface area contributed by atoms with E-state index < -0.39 is 0 Å². The number of hydrogen-bond acceptors (Lipinski definition) is 3. The molecule has 2 N–H and O–H groups in total. The second kappa shape index (κ2) is 13.9. The second-order valence-electron chi connectivity index (χ2n) is 9.28. The van der Waals surface area contributed by atoms with E-state index in [1.807, 2.05) is 11.8 Å². The molecule has 0 saturated heterocycles. The minimum atomic E-state index is 0.532. The van der Waals surface area contributed by atoms with Crippen molar-refractivity contribution in [2.75, 3.05) is 0 Å². The molecule has 0 unspecified atom stereocenters. The Hall–Kier alpha value is -1.61. The molecule has 0 spiro atoms. The van der Waals surface area contributed by atoms with Crippen molar-refractivity contribution in [2.24, 2.45) is 0 Å². The maximum Gasteiger partial charge on any atom is 0.122 e. The summed E-state index contributed by atoms with van der Waals surface area (Å²) in [6.45, 7) is 13.2. The average Bonchev–Trinajstić information content (AvgIpc) is 2.79. The lowest BCUT2D eigenvalue weighted by Crippen LogP contribution is -2.04. The minimum absolute atomic E-state index is 0.532. The molecule has 0 aliphatic carbocycles. The molecule has 0 amide bonds. The van der Waals surface area contributed by atoms with Gasteiger partial charge in [0.05, 0.1) is 0 Å². The molecule has 33 heavy (non-hydrogen) atoms. The van der Waals surface area contributed by atoms with E-state index in [0.717, 1.165) is 99.3 Å². The van der Waals surface area contributed by atoms with Crippen molar-refractivity contribution in [3.8, 4) is 11.5 Å². The van der Waals surface area contributed by atoms with Crippen LogP contribution in [0.1, 0.15) is 113 Å². The lowest BCUT2D eigenvalue weighted by molar-refractivity contribution is 0.457. The molecule has 0 saturated carbocycles. The number of phenols is 2. The lowest BCUT2D eigenvalue weighted by atomic mass is 9.94. The van der Waals surface area contributed by atoms with Gasteiger partial charge in [0, 0.05) is 9.79 Å². The van der Waals surface area contributed by atoms with E-state index in [9.17, 15) is 10.2 Å². The summed E-state index contributed by atoms with van der Waals surface area (Å²) in [5, 5.41) is 22.2. The topological polar surface area (TPSA) is 40.5 Å². The van der Waals surface area contributed by atoms with Gasteiger partial charge in [0.1, 0.15) is 11.5 Å². The largest absolute Gasteiger partial charge is 0.507 e. The monoisotopic (exact) mass is 470 g/mol. The first kappa shape index (κ1) is 27.6. The van der Waals surface area contributed by atoms with Crippen LogP contribution in [0.5, 0.6) is 11.5 Å². The highest BCUT2D eigenvalue weighted by Crippen LogP contribution is 2.44. The molecule has 2 nitrogen and oxygen atoms in total. The molecule has 0 bridgehead atoms. The van der Waals surface area contributed by atoms with Crippen LogP contribution in [0.4, 0.5) is 0 Å². The molecular weight excluding hydrogens is 424 g/mol. The van der Waals surface area contributed by atoms with Gasteiger partial charge in [-0.05, 0) is 84.0 Å². The summed E-state index contributed by atoms with van der Waals surface area (Å²) in [5.41, 5.74) is 7.14. The van der Waals surface area contributed by atoms with Gasteiger partial charge in [0.2, 0.25) is 0 Å². The normalized spacial score (nSPS) is 11.3. The number of phenolic OH excluding ortho intramolecular Hbond substituents is 2. The van der Waals surface area contributed by atoms with Crippen molar-refractivity contribution < 1.29 is 10.2 Å². The zero-order valence-corrected chi connectivity index (χ0v) is 22.8. The van der Waals surface area contributed by atoms with Crippen molar-refractivity contribution >= 4 is 11.8 Å². The fourth-order valence-electron chi connectivity index (χ4n) is 4.91. The Morgan fingerprint density at radius 3 is 1.09 bits per heavy atom. The molecule has 2 aromatic rings. The van der Waals surface area contributed by atoms with Crippen LogP contribution in [0.25, 0.3) is 0 Å². The first-order chi connectivity index (χ1) is 16.0. The van der Waals surface area contributed by atoms with E-state index in [0.29, 0.717) is 11.5 Å². The van der Waals surface area contributed by atoms with Gasteiger partial charge >= 0.3 is 0 Å². The van der Waals surface area contributed by atoms with Crippen LogP contribution in [0.3, 0.4) is 0 Å². The third kappa shape index (κ3) is 6.72. The second-order valence-corrected chi connectivity index (χ2v) is 10.4. The predicted molar refractivity (Wildman–Crippen MR) is 144 cm³/mol. The summed E-state index contributed by atoms with van der Waals surface area (Å²) in [5.74, 6) is 1.06. The average molecular weight is 471 g/mol. The highest BCUT2D eigenvalue weighted by molar-refractivity contribution is 7.99.